The first-order valence-corrected chi connectivity index (χ1v) is 10.1. The lowest BCUT2D eigenvalue weighted by Gasteiger charge is -2.41. The minimum Gasteiger partial charge on any atom is -0.332 e. The third kappa shape index (κ3) is 3.93. The van der Waals surface area contributed by atoms with Crippen LogP contribution in [0.15, 0.2) is 16.3 Å². The molecule has 0 bridgehead atoms. The molecule has 0 radical (unpaired) electrons. The Bertz CT molecular complexity index is 741. The number of nitrogens with zero attached hydrogens (tertiary/aromatic N) is 2. The zero-order chi connectivity index (χ0) is 20.3. The Morgan fingerprint density at radius 3 is 2.04 bits per heavy atom. The first kappa shape index (κ1) is 21.2. The first-order chi connectivity index (χ1) is 11.4. The van der Waals surface area contributed by atoms with E-state index in [4.69, 9.17) is 4.99 Å². The van der Waals surface area contributed by atoms with E-state index in [-0.39, 0.29) is 29.8 Å². The molecule has 150 valence electrons. The molecule has 9 heteroatoms. The predicted octanol–water partition coefficient (Wildman–Crippen LogP) is 3.65. The van der Waals surface area contributed by atoms with E-state index in [0.29, 0.717) is 0 Å². The van der Waals surface area contributed by atoms with Gasteiger partial charge < -0.3 is 4.90 Å². The van der Waals surface area contributed by atoms with E-state index in [1.165, 1.54) is 0 Å². The molecule has 0 aromatic rings. The van der Waals surface area contributed by atoms with Crippen LogP contribution in [0.4, 0.5) is 13.2 Å². The van der Waals surface area contributed by atoms with Gasteiger partial charge in [0.15, 0.2) is 0 Å². The summed E-state index contributed by atoms with van der Waals surface area (Å²) >= 11 is 0. The third-order valence-corrected chi connectivity index (χ3v) is 5.83. The van der Waals surface area contributed by atoms with E-state index in [9.17, 15) is 21.6 Å². The molecule has 0 saturated carbocycles. The van der Waals surface area contributed by atoms with Crippen molar-refractivity contribution in [1.29, 1.82) is 0 Å². The highest BCUT2D eigenvalue weighted by Crippen LogP contribution is 2.43. The maximum atomic E-state index is 12.8. The number of hydrogen-bond donors (Lipinski definition) is 1. The number of fused-ring (bicyclic) bond motifs is 1. The monoisotopic (exact) mass is 395 g/mol. The van der Waals surface area contributed by atoms with Gasteiger partial charge in [-0.3, -0.25) is 4.99 Å². The molecule has 26 heavy (non-hydrogen) atoms. The van der Waals surface area contributed by atoms with Crippen LogP contribution in [0.25, 0.3) is 0 Å². The number of nitrogens with one attached hydrogen (secondary N) is 1. The van der Waals surface area contributed by atoms with Gasteiger partial charge >= 0.3 is 15.5 Å². The number of halogens is 3. The minimum absolute atomic E-state index is 0.103. The highest BCUT2D eigenvalue weighted by molar-refractivity contribution is 7.90. The Morgan fingerprint density at radius 2 is 1.62 bits per heavy atom. The number of rotatable bonds is 2. The van der Waals surface area contributed by atoms with Crippen LogP contribution in [0.1, 0.15) is 54.9 Å². The predicted molar refractivity (Wildman–Crippen MR) is 96.1 cm³/mol. The van der Waals surface area contributed by atoms with Crippen LogP contribution in [0.3, 0.4) is 0 Å². The van der Waals surface area contributed by atoms with Gasteiger partial charge in [0.2, 0.25) is 0 Å². The lowest BCUT2D eigenvalue weighted by atomic mass is 9.79. The van der Waals surface area contributed by atoms with Gasteiger partial charge in [0.1, 0.15) is 5.84 Å². The molecule has 0 unspecified atom stereocenters. The van der Waals surface area contributed by atoms with Crippen molar-refractivity contribution in [1.82, 2.24) is 9.62 Å². The molecule has 1 N–H and O–H groups in total. The molecule has 2 aliphatic rings. The van der Waals surface area contributed by atoms with Gasteiger partial charge in [0.05, 0.1) is 6.04 Å². The van der Waals surface area contributed by atoms with Crippen molar-refractivity contribution in [2.24, 2.45) is 15.8 Å². The van der Waals surface area contributed by atoms with E-state index in [0.717, 1.165) is 17.1 Å². The molecule has 1 saturated heterocycles. The largest absolute Gasteiger partial charge is 0.511 e. The normalized spacial score (nSPS) is 25.5. The lowest BCUT2D eigenvalue weighted by molar-refractivity contribution is -0.0450. The smallest absolute Gasteiger partial charge is 0.332 e. The zero-order valence-corrected chi connectivity index (χ0v) is 17.1. The standard InChI is InChI=1S/C17H28F3N3O2S/c1-10-13(15(2,3)4)12-8-11(22-26(24,25)17(18,19)20)9-23(12)14(21-10)16(5,6)7/h10-11,22H,8-9H2,1-7H3/t10-,11+/m0/s1. The number of amidine groups is 1. The van der Waals surface area contributed by atoms with Crippen molar-refractivity contribution in [3.05, 3.63) is 11.3 Å². The topological polar surface area (TPSA) is 61.8 Å². The summed E-state index contributed by atoms with van der Waals surface area (Å²) < 4.78 is 63.1. The van der Waals surface area contributed by atoms with E-state index < -0.39 is 21.6 Å². The number of sulfonamides is 1. The Hall–Kier alpha value is -1.09. The van der Waals surface area contributed by atoms with Gasteiger partial charge in [-0.1, -0.05) is 41.5 Å². The summed E-state index contributed by atoms with van der Waals surface area (Å²) in [5.74, 6) is 0.779. The van der Waals surface area contributed by atoms with Crippen molar-refractivity contribution in [3.63, 3.8) is 0 Å². The summed E-state index contributed by atoms with van der Waals surface area (Å²) in [5, 5.41) is 0. The fourth-order valence-electron chi connectivity index (χ4n) is 3.79. The van der Waals surface area contributed by atoms with Crippen molar-refractivity contribution in [2.45, 2.75) is 72.5 Å². The minimum atomic E-state index is -5.38. The molecular weight excluding hydrogens is 367 g/mol. The van der Waals surface area contributed by atoms with Crippen LogP contribution in [0.2, 0.25) is 0 Å². The summed E-state index contributed by atoms with van der Waals surface area (Å²) in [4.78, 5) is 6.72. The summed E-state index contributed by atoms with van der Waals surface area (Å²) in [6.45, 7) is 14.2. The first-order valence-electron chi connectivity index (χ1n) is 8.63. The quantitative estimate of drug-likeness (QED) is 0.776. The van der Waals surface area contributed by atoms with Gasteiger partial charge in [0, 0.05) is 30.1 Å². The van der Waals surface area contributed by atoms with Gasteiger partial charge in [0.25, 0.3) is 0 Å². The number of aliphatic imine (C=N–C) groups is 1. The van der Waals surface area contributed by atoms with E-state index >= 15 is 0 Å². The van der Waals surface area contributed by atoms with Gasteiger partial charge in [-0.25, -0.2) is 13.1 Å². The Balaban J connectivity index is 2.46. The molecule has 1 fully saturated rings. The lowest BCUT2D eigenvalue weighted by Crippen LogP contribution is -2.46. The summed E-state index contributed by atoms with van der Waals surface area (Å²) in [6, 6.07) is -0.944. The Labute approximate surface area is 153 Å². The fourth-order valence-corrected chi connectivity index (χ4v) is 4.52. The molecule has 0 aromatic carbocycles. The number of hydrogen-bond acceptors (Lipinski definition) is 4. The maximum absolute atomic E-state index is 12.8. The van der Waals surface area contributed by atoms with Crippen molar-refractivity contribution < 1.29 is 21.6 Å². The second-order valence-electron chi connectivity index (χ2n) is 9.07. The van der Waals surface area contributed by atoms with Crippen LogP contribution in [0, 0.1) is 10.8 Å². The summed E-state index contributed by atoms with van der Waals surface area (Å²) in [7, 11) is -5.38. The molecule has 2 aliphatic heterocycles. The molecule has 5 nitrogen and oxygen atoms in total. The fraction of sp³-hybridized carbons (Fsp3) is 0.824. The van der Waals surface area contributed by atoms with Crippen molar-refractivity contribution in [2.75, 3.05) is 6.54 Å². The second-order valence-corrected chi connectivity index (χ2v) is 10.8. The SMILES string of the molecule is C[C@@H]1N=C(C(C)(C)C)N2C[C@H](NS(=O)(=O)C(F)(F)F)CC2=C1C(C)(C)C. The van der Waals surface area contributed by atoms with Crippen LogP contribution >= 0.6 is 0 Å². The van der Waals surface area contributed by atoms with E-state index in [2.05, 4.69) is 0 Å². The summed E-state index contributed by atoms with van der Waals surface area (Å²) in [5.41, 5.74) is -3.91. The van der Waals surface area contributed by atoms with E-state index in [1.54, 1.807) is 0 Å². The molecule has 0 aromatic heterocycles. The van der Waals surface area contributed by atoms with Crippen LogP contribution in [-0.4, -0.2) is 43.3 Å². The van der Waals surface area contributed by atoms with Crippen LogP contribution in [-0.2, 0) is 10.0 Å². The Morgan fingerprint density at radius 1 is 1.08 bits per heavy atom. The highest BCUT2D eigenvalue weighted by atomic mass is 32.2. The molecule has 2 rings (SSSR count). The average Bonchev–Trinajstić information content (AvgIpc) is 2.74. The molecule has 0 aliphatic carbocycles. The van der Waals surface area contributed by atoms with Crippen molar-refractivity contribution in [3.8, 4) is 0 Å². The second kappa shape index (κ2) is 6.22. The van der Waals surface area contributed by atoms with Crippen LogP contribution < -0.4 is 4.72 Å². The molecule has 0 amide bonds. The number of alkyl halides is 3. The summed E-state index contributed by atoms with van der Waals surface area (Å²) in [6.07, 6.45) is 0.224. The van der Waals surface area contributed by atoms with Crippen LogP contribution in [0.5, 0.6) is 0 Å². The van der Waals surface area contributed by atoms with Gasteiger partial charge in [-0.15, -0.1) is 0 Å². The molecule has 2 heterocycles. The molecule has 2 atom stereocenters. The zero-order valence-electron chi connectivity index (χ0n) is 16.3. The average molecular weight is 395 g/mol. The molecular formula is C17H28F3N3O2S. The molecule has 0 spiro atoms. The van der Waals surface area contributed by atoms with Gasteiger partial charge in [-0.2, -0.15) is 13.2 Å². The highest BCUT2D eigenvalue weighted by Gasteiger charge is 2.49. The van der Waals surface area contributed by atoms with Gasteiger partial charge in [-0.05, 0) is 17.9 Å². The van der Waals surface area contributed by atoms with E-state index in [1.807, 2.05) is 58.1 Å². The maximum Gasteiger partial charge on any atom is 0.511 e. The Kier molecular flexibility index (Phi) is 5.08. The van der Waals surface area contributed by atoms with Crippen molar-refractivity contribution >= 4 is 15.9 Å². The third-order valence-electron chi connectivity index (χ3n) is 4.57.